The third-order valence-corrected chi connectivity index (χ3v) is 4.49. The van der Waals surface area contributed by atoms with Crippen molar-refractivity contribution in [1.82, 2.24) is 5.32 Å². The van der Waals surface area contributed by atoms with Gasteiger partial charge in [-0.2, -0.15) is 0 Å². The molecule has 2 aromatic rings. The lowest BCUT2D eigenvalue weighted by Gasteiger charge is -2.40. The Bertz CT molecular complexity index is 634. The molecule has 1 heterocycles. The lowest BCUT2D eigenvalue weighted by molar-refractivity contribution is -0.134. The summed E-state index contributed by atoms with van der Waals surface area (Å²) in [6, 6.07) is 15.3. The smallest absolute Gasteiger partial charge is 0.0579 e. The number of rotatable bonds is 6. The maximum Gasteiger partial charge on any atom is 0.0579 e. The molecule has 3 rings (SSSR count). The molecular weight excluding hydrogens is 286 g/mol. The van der Waals surface area contributed by atoms with E-state index in [0.29, 0.717) is 13.2 Å². The summed E-state index contributed by atoms with van der Waals surface area (Å²) in [4.78, 5) is 0. The first kappa shape index (κ1) is 16.2. The van der Waals surface area contributed by atoms with Crippen LogP contribution in [0.2, 0.25) is 0 Å². The van der Waals surface area contributed by atoms with Crippen LogP contribution in [-0.2, 0) is 11.3 Å². The molecule has 23 heavy (non-hydrogen) atoms. The minimum Gasteiger partial charge on any atom is -0.396 e. The molecule has 0 aliphatic carbocycles. The van der Waals surface area contributed by atoms with Gasteiger partial charge in [0.05, 0.1) is 25.2 Å². The van der Waals surface area contributed by atoms with Gasteiger partial charge in [-0.15, -0.1) is 0 Å². The fourth-order valence-electron chi connectivity index (χ4n) is 3.07. The molecule has 0 bridgehead atoms. The second kappa shape index (κ2) is 6.83. The number of benzene rings is 2. The van der Waals surface area contributed by atoms with E-state index in [1.54, 1.807) is 0 Å². The predicted octanol–water partition coefficient (Wildman–Crippen LogP) is 3.07. The zero-order chi connectivity index (χ0) is 16.3. The van der Waals surface area contributed by atoms with Gasteiger partial charge in [0.25, 0.3) is 0 Å². The van der Waals surface area contributed by atoms with Crippen molar-refractivity contribution >= 4 is 0 Å². The van der Waals surface area contributed by atoms with E-state index in [4.69, 9.17) is 4.74 Å². The quantitative estimate of drug-likeness (QED) is 0.861. The Kier molecular flexibility index (Phi) is 4.81. The maximum atomic E-state index is 9.42. The molecule has 0 atom stereocenters. The highest BCUT2D eigenvalue weighted by Crippen LogP contribution is 2.26. The lowest BCUT2D eigenvalue weighted by atomic mass is 9.87. The van der Waals surface area contributed by atoms with Crippen molar-refractivity contribution in [3.63, 3.8) is 0 Å². The molecule has 2 N–H and O–H groups in total. The molecule has 0 unspecified atom stereocenters. The highest BCUT2D eigenvalue weighted by molar-refractivity contribution is 5.65. The van der Waals surface area contributed by atoms with E-state index in [2.05, 4.69) is 61.6 Å². The van der Waals surface area contributed by atoms with Crippen LogP contribution in [0.1, 0.15) is 16.7 Å². The minimum atomic E-state index is -0.0704. The van der Waals surface area contributed by atoms with Crippen LogP contribution in [0.3, 0.4) is 0 Å². The Balaban J connectivity index is 1.60. The van der Waals surface area contributed by atoms with Gasteiger partial charge in [0, 0.05) is 13.1 Å². The Labute approximate surface area is 138 Å². The summed E-state index contributed by atoms with van der Waals surface area (Å²) < 4.78 is 5.22. The Morgan fingerprint density at radius 2 is 1.65 bits per heavy atom. The van der Waals surface area contributed by atoms with E-state index in [1.165, 1.54) is 27.8 Å². The van der Waals surface area contributed by atoms with Crippen molar-refractivity contribution in [2.45, 2.75) is 20.4 Å². The molecule has 2 aromatic carbocycles. The van der Waals surface area contributed by atoms with Crippen LogP contribution < -0.4 is 5.32 Å². The van der Waals surface area contributed by atoms with Crippen LogP contribution >= 0.6 is 0 Å². The third-order valence-electron chi connectivity index (χ3n) is 4.49. The van der Waals surface area contributed by atoms with Gasteiger partial charge in [0.15, 0.2) is 0 Å². The second-order valence-electron chi connectivity index (χ2n) is 6.83. The number of ether oxygens (including phenoxy) is 1. The molecule has 0 aromatic heterocycles. The van der Waals surface area contributed by atoms with Gasteiger partial charge in [-0.25, -0.2) is 0 Å². The first-order valence-corrected chi connectivity index (χ1v) is 8.17. The summed E-state index contributed by atoms with van der Waals surface area (Å²) in [6.07, 6.45) is 0. The Hall–Kier alpha value is -1.68. The Morgan fingerprint density at radius 3 is 2.17 bits per heavy atom. The molecule has 0 saturated carbocycles. The van der Waals surface area contributed by atoms with Crippen LogP contribution in [0.5, 0.6) is 0 Å². The number of aryl methyl sites for hydroxylation is 2. The van der Waals surface area contributed by atoms with E-state index in [0.717, 1.165) is 13.1 Å². The predicted molar refractivity (Wildman–Crippen MR) is 93.4 cm³/mol. The molecule has 0 spiro atoms. The topological polar surface area (TPSA) is 41.5 Å². The normalized spacial score (nSPS) is 16.1. The standard InChI is InChI=1S/C20H25NO2/c1-15-7-16(2)9-19(8-15)18-5-3-17(4-6-18)10-21-11-20(12-22)13-23-14-20/h3-9,21-22H,10-14H2,1-2H3. The van der Waals surface area contributed by atoms with Crippen molar-refractivity contribution in [2.24, 2.45) is 5.41 Å². The van der Waals surface area contributed by atoms with Gasteiger partial charge in [-0.3, -0.25) is 0 Å². The van der Waals surface area contributed by atoms with Crippen molar-refractivity contribution in [3.8, 4) is 11.1 Å². The molecule has 1 fully saturated rings. The zero-order valence-corrected chi connectivity index (χ0v) is 13.9. The minimum absolute atomic E-state index is 0.0704. The first-order valence-electron chi connectivity index (χ1n) is 8.17. The fraction of sp³-hybridized carbons (Fsp3) is 0.400. The number of nitrogens with one attached hydrogen (secondary N) is 1. The van der Waals surface area contributed by atoms with Gasteiger partial charge < -0.3 is 15.2 Å². The van der Waals surface area contributed by atoms with Gasteiger partial charge >= 0.3 is 0 Å². The van der Waals surface area contributed by atoms with E-state index >= 15 is 0 Å². The molecule has 1 saturated heterocycles. The molecule has 122 valence electrons. The van der Waals surface area contributed by atoms with Crippen LogP contribution in [-0.4, -0.2) is 31.5 Å². The summed E-state index contributed by atoms with van der Waals surface area (Å²) in [6.45, 7) is 7.37. The number of aliphatic hydroxyl groups is 1. The van der Waals surface area contributed by atoms with Gasteiger partial charge in [-0.05, 0) is 30.5 Å². The molecule has 1 aliphatic heterocycles. The van der Waals surface area contributed by atoms with Gasteiger partial charge in [-0.1, -0.05) is 53.6 Å². The van der Waals surface area contributed by atoms with Crippen LogP contribution in [0.4, 0.5) is 0 Å². The van der Waals surface area contributed by atoms with E-state index in [-0.39, 0.29) is 12.0 Å². The SMILES string of the molecule is Cc1cc(C)cc(-c2ccc(CNCC3(CO)COC3)cc2)c1. The maximum absolute atomic E-state index is 9.42. The second-order valence-corrected chi connectivity index (χ2v) is 6.83. The van der Waals surface area contributed by atoms with Crippen LogP contribution in [0.25, 0.3) is 11.1 Å². The van der Waals surface area contributed by atoms with Gasteiger partial charge in [0.2, 0.25) is 0 Å². The molecule has 0 radical (unpaired) electrons. The van der Waals surface area contributed by atoms with E-state index in [9.17, 15) is 5.11 Å². The third kappa shape index (κ3) is 3.81. The average molecular weight is 311 g/mol. The van der Waals surface area contributed by atoms with Crippen LogP contribution in [0.15, 0.2) is 42.5 Å². The van der Waals surface area contributed by atoms with Crippen molar-refractivity contribution < 1.29 is 9.84 Å². The number of hydrogen-bond acceptors (Lipinski definition) is 3. The van der Waals surface area contributed by atoms with Gasteiger partial charge in [0.1, 0.15) is 0 Å². The van der Waals surface area contributed by atoms with E-state index < -0.39 is 0 Å². The molecule has 3 heteroatoms. The van der Waals surface area contributed by atoms with Crippen molar-refractivity contribution in [1.29, 1.82) is 0 Å². The van der Waals surface area contributed by atoms with Crippen LogP contribution in [0, 0.1) is 19.3 Å². The van der Waals surface area contributed by atoms with Crippen molar-refractivity contribution in [3.05, 3.63) is 59.2 Å². The molecular formula is C20H25NO2. The fourth-order valence-corrected chi connectivity index (χ4v) is 3.07. The monoisotopic (exact) mass is 311 g/mol. The van der Waals surface area contributed by atoms with Crippen molar-refractivity contribution in [2.75, 3.05) is 26.4 Å². The summed E-state index contributed by atoms with van der Waals surface area (Å²) in [7, 11) is 0. The van der Waals surface area contributed by atoms with E-state index in [1.807, 2.05) is 0 Å². The Morgan fingerprint density at radius 1 is 1.00 bits per heavy atom. The first-order chi connectivity index (χ1) is 11.1. The molecule has 3 nitrogen and oxygen atoms in total. The summed E-state index contributed by atoms with van der Waals surface area (Å²) in [5.41, 5.74) is 6.29. The highest BCUT2D eigenvalue weighted by Gasteiger charge is 2.37. The summed E-state index contributed by atoms with van der Waals surface area (Å²) in [5, 5.41) is 12.9. The largest absolute Gasteiger partial charge is 0.396 e. The number of hydrogen-bond donors (Lipinski definition) is 2. The lowest BCUT2D eigenvalue weighted by Crippen LogP contribution is -2.52. The molecule has 1 aliphatic rings. The summed E-state index contributed by atoms with van der Waals surface area (Å²) >= 11 is 0. The zero-order valence-electron chi connectivity index (χ0n) is 13.9. The average Bonchev–Trinajstić information content (AvgIpc) is 2.50. The number of aliphatic hydroxyl groups excluding tert-OH is 1. The highest BCUT2D eigenvalue weighted by atomic mass is 16.5. The molecule has 0 amide bonds. The summed E-state index contributed by atoms with van der Waals surface area (Å²) in [5.74, 6) is 0.